The van der Waals surface area contributed by atoms with E-state index in [1.807, 2.05) is 24.3 Å². The Hall–Kier alpha value is -1.34. The zero-order chi connectivity index (χ0) is 15.0. The number of fused-ring (bicyclic) bond motifs is 1. The molecule has 2 nitrogen and oxygen atoms in total. The number of hydrogen-bond acceptors (Lipinski definition) is 2. The van der Waals surface area contributed by atoms with Crippen LogP contribution in [0.25, 0.3) is 0 Å². The van der Waals surface area contributed by atoms with Crippen LogP contribution >= 0.6 is 27.5 Å². The van der Waals surface area contributed by atoms with Gasteiger partial charge in [0.05, 0.1) is 22.6 Å². The molecule has 21 heavy (non-hydrogen) atoms. The second kappa shape index (κ2) is 5.46. The summed E-state index contributed by atoms with van der Waals surface area (Å²) in [5.74, 6) is 0. The van der Waals surface area contributed by atoms with Crippen LogP contribution in [0.4, 0.5) is 0 Å². The van der Waals surface area contributed by atoms with Crippen LogP contribution in [0.15, 0.2) is 46.9 Å². The minimum atomic E-state index is -0.844. The van der Waals surface area contributed by atoms with Gasteiger partial charge in [0, 0.05) is 4.47 Å². The van der Waals surface area contributed by atoms with Crippen molar-refractivity contribution in [1.82, 2.24) is 0 Å². The van der Waals surface area contributed by atoms with E-state index in [0.717, 1.165) is 15.6 Å². The van der Waals surface area contributed by atoms with Crippen molar-refractivity contribution in [3.63, 3.8) is 0 Å². The fraction of sp³-hybridized carbons (Fsp3) is 0.235. The predicted molar refractivity (Wildman–Crippen MR) is 86.0 cm³/mol. The first-order valence-electron chi connectivity index (χ1n) is 6.67. The van der Waals surface area contributed by atoms with Gasteiger partial charge in [-0.2, -0.15) is 5.26 Å². The largest absolute Gasteiger partial charge is 0.387 e. The highest BCUT2D eigenvalue weighted by Gasteiger charge is 2.44. The number of benzene rings is 2. The number of rotatable bonds is 2. The minimum absolute atomic E-state index is 0.571. The Bertz CT molecular complexity index is 713. The molecule has 1 aliphatic rings. The van der Waals surface area contributed by atoms with Gasteiger partial charge in [0.1, 0.15) is 0 Å². The Morgan fingerprint density at radius 2 is 1.81 bits per heavy atom. The fourth-order valence-electron chi connectivity index (χ4n) is 2.98. The number of aliphatic hydroxyl groups is 1. The summed E-state index contributed by atoms with van der Waals surface area (Å²) in [5.41, 5.74) is 2.19. The van der Waals surface area contributed by atoms with Crippen LogP contribution in [-0.4, -0.2) is 5.11 Å². The third kappa shape index (κ3) is 2.48. The Morgan fingerprint density at radius 3 is 2.33 bits per heavy atom. The standard InChI is InChI=1S/C17H13BrClNO/c18-14-7-11(5-6-15(14)19)16(21)17(10-20)8-12-3-1-2-4-13(12)9-17/h1-7,16,21H,8-9H2. The van der Waals surface area contributed by atoms with Gasteiger partial charge in [0.25, 0.3) is 0 Å². The molecule has 0 fully saturated rings. The molecule has 0 aromatic heterocycles. The molecule has 0 bridgehead atoms. The lowest BCUT2D eigenvalue weighted by molar-refractivity contribution is 0.0693. The third-order valence-electron chi connectivity index (χ3n) is 4.14. The van der Waals surface area contributed by atoms with Gasteiger partial charge >= 0.3 is 0 Å². The Morgan fingerprint density at radius 1 is 1.19 bits per heavy atom. The molecule has 0 saturated carbocycles. The van der Waals surface area contributed by atoms with Crippen LogP contribution in [0.2, 0.25) is 5.02 Å². The second-order valence-electron chi connectivity index (χ2n) is 5.47. The van der Waals surface area contributed by atoms with Crippen LogP contribution < -0.4 is 0 Å². The average molecular weight is 363 g/mol. The molecule has 1 atom stereocenters. The maximum absolute atomic E-state index is 10.8. The van der Waals surface area contributed by atoms with Gasteiger partial charge in [-0.1, -0.05) is 41.9 Å². The van der Waals surface area contributed by atoms with Gasteiger partial charge in [0.2, 0.25) is 0 Å². The molecule has 0 radical (unpaired) electrons. The first-order chi connectivity index (χ1) is 10.1. The molecule has 0 amide bonds. The summed E-state index contributed by atoms with van der Waals surface area (Å²) in [7, 11) is 0. The summed E-state index contributed by atoms with van der Waals surface area (Å²) in [6.45, 7) is 0. The molecule has 2 aromatic rings. The van der Waals surface area contributed by atoms with Crippen LogP contribution in [0.5, 0.6) is 0 Å². The Kier molecular flexibility index (Phi) is 3.79. The van der Waals surface area contributed by atoms with E-state index in [1.165, 1.54) is 0 Å². The SMILES string of the molecule is N#CC1(C(O)c2ccc(Cl)c(Br)c2)Cc2ccccc2C1. The maximum Gasteiger partial charge on any atom is 0.0983 e. The summed E-state index contributed by atoms with van der Waals surface area (Å²) in [5, 5.41) is 21.1. The summed E-state index contributed by atoms with van der Waals surface area (Å²) < 4.78 is 0.726. The second-order valence-corrected chi connectivity index (χ2v) is 6.73. The third-order valence-corrected chi connectivity index (χ3v) is 5.35. The molecule has 2 aromatic carbocycles. The lowest BCUT2D eigenvalue weighted by Gasteiger charge is -2.27. The van der Waals surface area contributed by atoms with Crippen LogP contribution in [0.3, 0.4) is 0 Å². The summed E-state index contributed by atoms with van der Waals surface area (Å²) >= 11 is 9.36. The van der Waals surface area contributed by atoms with E-state index in [4.69, 9.17) is 11.6 Å². The highest BCUT2D eigenvalue weighted by Crippen LogP contribution is 2.46. The Balaban J connectivity index is 1.98. The minimum Gasteiger partial charge on any atom is -0.387 e. The van der Waals surface area contributed by atoms with Crippen LogP contribution in [0, 0.1) is 16.7 Å². The van der Waals surface area contributed by atoms with E-state index < -0.39 is 11.5 Å². The highest BCUT2D eigenvalue weighted by molar-refractivity contribution is 9.10. The summed E-state index contributed by atoms with van der Waals surface area (Å²) in [6.07, 6.45) is 0.297. The topological polar surface area (TPSA) is 44.0 Å². The van der Waals surface area contributed by atoms with E-state index in [2.05, 4.69) is 22.0 Å². The van der Waals surface area contributed by atoms with Crippen molar-refractivity contribution >= 4 is 27.5 Å². The van der Waals surface area contributed by atoms with Crippen LogP contribution in [0.1, 0.15) is 22.8 Å². The lowest BCUT2D eigenvalue weighted by Crippen LogP contribution is -2.28. The van der Waals surface area contributed by atoms with E-state index >= 15 is 0 Å². The van der Waals surface area contributed by atoms with Gasteiger partial charge in [0.15, 0.2) is 0 Å². The molecule has 1 aliphatic carbocycles. The number of nitrogens with zero attached hydrogens (tertiary/aromatic N) is 1. The van der Waals surface area contributed by atoms with Crippen molar-refractivity contribution in [2.24, 2.45) is 5.41 Å². The van der Waals surface area contributed by atoms with Crippen LogP contribution in [-0.2, 0) is 12.8 Å². The quantitative estimate of drug-likeness (QED) is 0.858. The molecule has 0 spiro atoms. The zero-order valence-corrected chi connectivity index (χ0v) is 13.5. The average Bonchev–Trinajstić information content (AvgIpc) is 2.89. The number of nitriles is 1. The zero-order valence-electron chi connectivity index (χ0n) is 11.2. The molecular weight excluding hydrogens is 350 g/mol. The van der Waals surface area contributed by atoms with Crippen molar-refractivity contribution < 1.29 is 5.11 Å². The van der Waals surface area contributed by atoms with E-state index in [9.17, 15) is 10.4 Å². The van der Waals surface area contributed by atoms with Gasteiger partial charge in [-0.15, -0.1) is 0 Å². The van der Waals surface area contributed by atoms with Crippen molar-refractivity contribution in [3.8, 4) is 6.07 Å². The smallest absolute Gasteiger partial charge is 0.0983 e. The van der Waals surface area contributed by atoms with Gasteiger partial charge < -0.3 is 5.11 Å². The summed E-state index contributed by atoms with van der Waals surface area (Å²) in [6, 6.07) is 15.6. The molecular formula is C17H13BrClNO. The number of hydrogen-bond donors (Lipinski definition) is 1. The van der Waals surface area contributed by atoms with Gasteiger partial charge in [-0.25, -0.2) is 0 Å². The molecule has 3 rings (SSSR count). The molecule has 4 heteroatoms. The normalized spacial score (nSPS) is 17.0. The fourth-order valence-corrected chi connectivity index (χ4v) is 3.49. The van der Waals surface area contributed by atoms with Crippen molar-refractivity contribution in [3.05, 3.63) is 68.7 Å². The first-order valence-corrected chi connectivity index (χ1v) is 7.84. The van der Waals surface area contributed by atoms with Crippen molar-refractivity contribution in [1.29, 1.82) is 5.26 Å². The first kappa shape index (κ1) is 14.6. The van der Waals surface area contributed by atoms with Gasteiger partial charge in [-0.05, 0) is 57.6 Å². The van der Waals surface area contributed by atoms with Crippen molar-refractivity contribution in [2.45, 2.75) is 18.9 Å². The number of halogens is 2. The monoisotopic (exact) mass is 361 g/mol. The molecule has 0 saturated heterocycles. The molecule has 0 aliphatic heterocycles. The molecule has 1 unspecified atom stereocenters. The van der Waals surface area contributed by atoms with Gasteiger partial charge in [-0.3, -0.25) is 0 Å². The molecule has 1 N–H and O–H groups in total. The number of aliphatic hydroxyl groups excluding tert-OH is 1. The molecule has 106 valence electrons. The van der Waals surface area contributed by atoms with E-state index in [-0.39, 0.29) is 0 Å². The van der Waals surface area contributed by atoms with Crippen molar-refractivity contribution in [2.75, 3.05) is 0 Å². The summed E-state index contributed by atoms with van der Waals surface area (Å²) in [4.78, 5) is 0. The highest BCUT2D eigenvalue weighted by atomic mass is 79.9. The maximum atomic E-state index is 10.8. The molecule has 0 heterocycles. The predicted octanol–water partition coefficient (Wildman–Crippen LogP) is 4.44. The van der Waals surface area contributed by atoms with E-state index in [0.29, 0.717) is 23.4 Å². The Labute approximate surface area is 137 Å². The van der Waals surface area contributed by atoms with E-state index in [1.54, 1.807) is 18.2 Å². The lowest BCUT2D eigenvalue weighted by atomic mass is 9.77.